The highest BCUT2D eigenvalue weighted by molar-refractivity contribution is 7.09. The van der Waals surface area contributed by atoms with Crippen molar-refractivity contribution in [1.29, 1.82) is 0 Å². The molecule has 0 unspecified atom stereocenters. The van der Waals surface area contributed by atoms with Crippen molar-refractivity contribution >= 4 is 28.8 Å². The lowest BCUT2D eigenvalue weighted by Gasteiger charge is -2.13. The van der Waals surface area contributed by atoms with Crippen molar-refractivity contribution in [2.75, 3.05) is 0 Å². The second-order valence-corrected chi connectivity index (χ2v) is 6.80. The van der Waals surface area contributed by atoms with E-state index in [2.05, 4.69) is 10.3 Å². The summed E-state index contributed by atoms with van der Waals surface area (Å²) in [6.07, 6.45) is 0. The van der Waals surface area contributed by atoms with Crippen molar-refractivity contribution in [2.24, 2.45) is 0 Å². The zero-order chi connectivity index (χ0) is 17.6. The van der Waals surface area contributed by atoms with Crippen LogP contribution in [-0.4, -0.2) is 10.9 Å². The second kappa shape index (κ2) is 8.14. The molecule has 0 fully saturated rings. The zero-order valence-electron chi connectivity index (χ0n) is 13.6. The summed E-state index contributed by atoms with van der Waals surface area (Å²) in [6, 6.07) is 17.0. The monoisotopic (exact) mass is 372 g/mol. The Morgan fingerprint density at radius 3 is 2.68 bits per heavy atom. The first-order valence-electron chi connectivity index (χ1n) is 7.81. The van der Waals surface area contributed by atoms with E-state index in [1.807, 2.05) is 49.4 Å². The lowest BCUT2D eigenvalue weighted by atomic mass is 10.1. The molecule has 0 saturated heterocycles. The lowest BCUT2D eigenvalue weighted by Crippen LogP contribution is -2.26. The molecular formula is C19H17ClN2O2S. The average molecular weight is 373 g/mol. The third kappa shape index (κ3) is 4.59. The fourth-order valence-electron chi connectivity index (χ4n) is 2.28. The van der Waals surface area contributed by atoms with Gasteiger partial charge in [0, 0.05) is 5.38 Å². The van der Waals surface area contributed by atoms with E-state index in [0.717, 1.165) is 10.6 Å². The predicted octanol–water partition coefficient (Wildman–Crippen LogP) is 4.87. The van der Waals surface area contributed by atoms with Gasteiger partial charge < -0.3 is 10.1 Å². The smallest absolute Gasteiger partial charge is 0.271 e. The topological polar surface area (TPSA) is 51.2 Å². The molecule has 0 bridgehead atoms. The first-order valence-corrected chi connectivity index (χ1v) is 9.07. The zero-order valence-corrected chi connectivity index (χ0v) is 15.2. The fourth-order valence-corrected chi connectivity index (χ4v) is 3.15. The number of benzene rings is 2. The van der Waals surface area contributed by atoms with E-state index < -0.39 is 0 Å². The number of nitrogens with zero attached hydrogens (tertiary/aromatic N) is 1. The minimum Gasteiger partial charge on any atom is -0.485 e. The van der Waals surface area contributed by atoms with Crippen LogP contribution in [0.25, 0.3) is 0 Å². The third-order valence-electron chi connectivity index (χ3n) is 3.62. The minimum atomic E-state index is -0.198. The van der Waals surface area contributed by atoms with Crippen LogP contribution in [0.4, 0.5) is 0 Å². The Morgan fingerprint density at radius 2 is 1.92 bits per heavy atom. The van der Waals surface area contributed by atoms with Gasteiger partial charge in [-0.05, 0) is 24.6 Å². The summed E-state index contributed by atoms with van der Waals surface area (Å²) in [4.78, 5) is 16.7. The molecule has 0 radical (unpaired) electrons. The van der Waals surface area contributed by atoms with Gasteiger partial charge in [-0.2, -0.15) is 0 Å². The standard InChI is InChI=1S/C19H17ClN2O2S/c1-13(14-7-3-2-4-8-14)21-19(23)16-12-25-18(22-16)11-24-17-10-6-5-9-15(17)20/h2-10,12-13H,11H2,1H3,(H,21,23)/t13-/m0/s1. The van der Waals surface area contributed by atoms with Crippen LogP contribution in [-0.2, 0) is 6.61 Å². The quantitative estimate of drug-likeness (QED) is 0.671. The molecule has 0 aliphatic carbocycles. The molecule has 3 aromatic rings. The summed E-state index contributed by atoms with van der Waals surface area (Å²) in [6.45, 7) is 2.22. The van der Waals surface area contributed by atoms with E-state index in [9.17, 15) is 4.79 Å². The van der Waals surface area contributed by atoms with Gasteiger partial charge in [-0.3, -0.25) is 4.79 Å². The van der Waals surface area contributed by atoms with Crippen molar-refractivity contribution in [2.45, 2.75) is 19.6 Å². The molecule has 25 heavy (non-hydrogen) atoms. The Balaban J connectivity index is 1.59. The molecule has 0 aliphatic rings. The minimum absolute atomic E-state index is 0.0850. The molecule has 2 aromatic carbocycles. The number of thiazole rings is 1. The number of nitrogens with one attached hydrogen (secondary N) is 1. The van der Waals surface area contributed by atoms with E-state index in [-0.39, 0.29) is 18.6 Å². The number of ether oxygens (including phenoxy) is 1. The summed E-state index contributed by atoms with van der Waals surface area (Å²) in [7, 11) is 0. The summed E-state index contributed by atoms with van der Waals surface area (Å²) < 4.78 is 5.65. The summed E-state index contributed by atoms with van der Waals surface area (Å²) >= 11 is 7.44. The maximum atomic E-state index is 12.3. The normalized spacial score (nSPS) is 11.8. The highest BCUT2D eigenvalue weighted by Crippen LogP contribution is 2.24. The van der Waals surface area contributed by atoms with Crippen LogP contribution in [0.2, 0.25) is 5.02 Å². The molecule has 0 saturated carbocycles. The van der Waals surface area contributed by atoms with Gasteiger partial charge in [0.2, 0.25) is 0 Å². The molecule has 6 heteroatoms. The van der Waals surface area contributed by atoms with E-state index >= 15 is 0 Å². The average Bonchev–Trinajstić information content (AvgIpc) is 3.11. The molecule has 0 aliphatic heterocycles. The maximum Gasteiger partial charge on any atom is 0.271 e. The van der Waals surface area contributed by atoms with Crippen LogP contribution in [0.1, 0.15) is 34.0 Å². The van der Waals surface area contributed by atoms with Crippen LogP contribution >= 0.6 is 22.9 Å². The Kier molecular flexibility index (Phi) is 5.68. The second-order valence-electron chi connectivity index (χ2n) is 5.45. The van der Waals surface area contributed by atoms with Crippen molar-refractivity contribution in [3.63, 3.8) is 0 Å². The highest BCUT2D eigenvalue weighted by Gasteiger charge is 2.15. The van der Waals surface area contributed by atoms with Crippen molar-refractivity contribution in [1.82, 2.24) is 10.3 Å². The fraction of sp³-hybridized carbons (Fsp3) is 0.158. The summed E-state index contributed by atoms with van der Waals surface area (Å²) in [5.74, 6) is 0.402. The third-order valence-corrected chi connectivity index (χ3v) is 4.75. The van der Waals surface area contributed by atoms with Gasteiger partial charge in [0.05, 0.1) is 11.1 Å². The molecule has 1 amide bonds. The van der Waals surface area contributed by atoms with Gasteiger partial charge in [0.25, 0.3) is 5.91 Å². The Labute approximate surface area is 155 Å². The van der Waals surface area contributed by atoms with E-state index in [1.54, 1.807) is 17.5 Å². The van der Waals surface area contributed by atoms with Gasteiger partial charge in [-0.1, -0.05) is 54.1 Å². The molecule has 128 valence electrons. The molecular weight excluding hydrogens is 356 g/mol. The maximum absolute atomic E-state index is 12.3. The number of hydrogen-bond donors (Lipinski definition) is 1. The van der Waals surface area contributed by atoms with Crippen molar-refractivity contribution < 1.29 is 9.53 Å². The number of para-hydroxylation sites is 1. The molecule has 4 nitrogen and oxygen atoms in total. The number of rotatable bonds is 6. The first-order chi connectivity index (χ1) is 12.1. The van der Waals surface area contributed by atoms with Crippen LogP contribution < -0.4 is 10.1 Å². The van der Waals surface area contributed by atoms with Crippen molar-refractivity contribution in [3.8, 4) is 5.75 Å². The summed E-state index contributed by atoms with van der Waals surface area (Å²) in [5, 5.41) is 5.96. The van der Waals surface area contributed by atoms with E-state index in [1.165, 1.54) is 11.3 Å². The molecule has 1 aromatic heterocycles. The molecule has 1 heterocycles. The van der Waals surface area contributed by atoms with Gasteiger partial charge in [-0.15, -0.1) is 11.3 Å². The summed E-state index contributed by atoms with van der Waals surface area (Å²) in [5.41, 5.74) is 1.44. The van der Waals surface area contributed by atoms with Crippen LogP contribution in [0.5, 0.6) is 5.75 Å². The number of aromatic nitrogens is 1. The SMILES string of the molecule is C[C@H](NC(=O)c1csc(COc2ccccc2Cl)n1)c1ccccc1. The first kappa shape index (κ1) is 17.5. The number of carbonyl (C=O) groups excluding carboxylic acids is 1. The largest absolute Gasteiger partial charge is 0.485 e. The van der Waals surface area contributed by atoms with Gasteiger partial charge >= 0.3 is 0 Å². The number of hydrogen-bond acceptors (Lipinski definition) is 4. The Bertz CT molecular complexity index is 851. The predicted molar refractivity (Wildman–Crippen MR) is 100 cm³/mol. The number of halogens is 1. The van der Waals surface area contributed by atoms with Gasteiger partial charge in [0.15, 0.2) is 0 Å². The van der Waals surface area contributed by atoms with Crippen LogP contribution in [0, 0.1) is 0 Å². The lowest BCUT2D eigenvalue weighted by molar-refractivity contribution is 0.0935. The van der Waals surface area contributed by atoms with Crippen molar-refractivity contribution in [3.05, 3.63) is 81.3 Å². The molecule has 1 N–H and O–H groups in total. The Hall–Kier alpha value is -2.37. The van der Waals surface area contributed by atoms with Crippen LogP contribution in [0.3, 0.4) is 0 Å². The molecule has 3 rings (SSSR count). The molecule has 0 spiro atoms. The van der Waals surface area contributed by atoms with E-state index in [4.69, 9.17) is 16.3 Å². The van der Waals surface area contributed by atoms with Crippen LogP contribution in [0.15, 0.2) is 60.0 Å². The van der Waals surface area contributed by atoms with E-state index in [0.29, 0.717) is 16.5 Å². The van der Waals surface area contributed by atoms with Gasteiger partial charge in [-0.25, -0.2) is 4.98 Å². The number of carbonyl (C=O) groups is 1. The highest BCUT2D eigenvalue weighted by atomic mass is 35.5. The van der Waals surface area contributed by atoms with Gasteiger partial charge in [0.1, 0.15) is 23.1 Å². The number of amides is 1. The molecule has 1 atom stereocenters. The Morgan fingerprint density at radius 1 is 1.20 bits per heavy atom.